The van der Waals surface area contributed by atoms with Gasteiger partial charge in [-0.1, -0.05) is 29.3 Å². The van der Waals surface area contributed by atoms with Crippen molar-refractivity contribution in [3.63, 3.8) is 0 Å². The Morgan fingerprint density at radius 3 is 2.52 bits per heavy atom. The van der Waals surface area contributed by atoms with Crippen LogP contribution in [0.25, 0.3) is 0 Å². The van der Waals surface area contributed by atoms with Crippen molar-refractivity contribution in [1.29, 1.82) is 0 Å². The molecule has 0 aromatic heterocycles. The van der Waals surface area contributed by atoms with E-state index in [1.807, 2.05) is 0 Å². The van der Waals surface area contributed by atoms with Gasteiger partial charge in [0.15, 0.2) is 5.76 Å². The van der Waals surface area contributed by atoms with Crippen LogP contribution < -0.4 is 0 Å². The zero-order valence-corrected chi connectivity index (χ0v) is 14.4. The molecule has 0 aliphatic carbocycles. The topological polar surface area (TPSA) is 60.9 Å². The highest BCUT2D eigenvalue weighted by Crippen LogP contribution is 2.26. The number of amides is 2. The predicted octanol–water partition coefficient (Wildman–Crippen LogP) is 3.17. The van der Waals surface area contributed by atoms with Gasteiger partial charge in [0.25, 0.3) is 11.8 Å². The second-order valence-corrected chi connectivity index (χ2v) is 6.33. The maximum absolute atomic E-state index is 12.4. The SMILES string of the molecule is CN(Cc1ccc(Cl)c(Cl)c1)C(=O)C1=C(O)C(=O)N(CC(F)(F)F)C1. The molecule has 0 radical (unpaired) electrons. The average Bonchev–Trinajstić information content (AvgIpc) is 2.77. The molecular weight excluding hydrogens is 384 g/mol. The number of carbonyl (C=O) groups is 2. The zero-order valence-electron chi connectivity index (χ0n) is 12.9. The molecule has 1 N–H and O–H groups in total. The van der Waals surface area contributed by atoms with E-state index in [0.717, 1.165) is 4.90 Å². The molecule has 1 aliphatic rings. The molecule has 136 valence electrons. The van der Waals surface area contributed by atoms with E-state index in [1.165, 1.54) is 13.1 Å². The van der Waals surface area contributed by atoms with E-state index in [1.54, 1.807) is 12.1 Å². The van der Waals surface area contributed by atoms with Crippen molar-refractivity contribution in [1.82, 2.24) is 9.80 Å². The summed E-state index contributed by atoms with van der Waals surface area (Å²) in [5.41, 5.74) is 0.249. The summed E-state index contributed by atoms with van der Waals surface area (Å²) in [6.07, 6.45) is -4.62. The minimum absolute atomic E-state index is 0.0694. The number of aliphatic hydroxyl groups is 1. The Bertz CT molecular complexity index is 750. The third-order valence-corrected chi connectivity index (χ3v) is 4.24. The van der Waals surface area contributed by atoms with Gasteiger partial charge >= 0.3 is 6.18 Å². The van der Waals surface area contributed by atoms with Crippen LogP contribution in [-0.2, 0) is 16.1 Å². The van der Waals surface area contributed by atoms with E-state index in [0.29, 0.717) is 15.5 Å². The van der Waals surface area contributed by atoms with Crippen molar-refractivity contribution in [2.24, 2.45) is 0 Å². The van der Waals surface area contributed by atoms with Gasteiger partial charge in [-0.3, -0.25) is 9.59 Å². The second-order valence-electron chi connectivity index (χ2n) is 5.51. The number of alkyl halides is 3. The molecule has 1 aromatic rings. The molecule has 0 fully saturated rings. The Kier molecular flexibility index (Phi) is 5.53. The molecule has 2 amide bonds. The summed E-state index contributed by atoms with van der Waals surface area (Å²) in [4.78, 5) is 25.6. The summed E-state index contributed by atoms with van der Waals surface area (Å²) in [7, 11) is 1.39. The summed E-state index contributed by atoms with van der Waals surface area (Å²) < 4.78 is 37.3. The monoisotopic (exact) mass is 396 g/mol. The van der Waals surface area contributed by atoms with E-state index in [4.69, 9.17) is 23.2 Å². The Morgan fingerprint density at radius 1 is 1.32 bits per heavy atom. The number of nitrogens with zero attached hydrogens (tertiary/aromatic N) is 2. The van der Waals surface area contributed by atoms with Gasteiger partial charge in [-0.15, -0.1) is 0 Å². The van der Waals surface area contributed by atoms with Crippen molar-refractivity contribution in [2.75, 3.05) is 20.1 Å². The second kappa shape index (κ2) is 7.13. The number of rotatable bonds is 4. The first-order valence-corrected chi connectivity index (χ1v) is 7.72. The lowest BCUT2D eigenvalue weighted by Gasteiger charge is -2.20. The molecule has 25 heavy (non-hydrogen) atoms. The number of hydrogen-bond donors (Lipinski definition) is 1. The van der Waals surface area contributed by atoms with Crippen LogP contribution in [0.15, 0.2) is 29.5 Å². The summed E-state index contributed by atoms with van der Waals surface area (Å²) in [5, 5.41) is 10.3. The Balaban J connectivity index is 2.11. The van der Waals surface area contributed by atoms with Gasteiger partial charge in [0.05, 0.1) is 22.2 Å². The van der Waals surface area contributed by atoms with E-state index < -0.39 is 36.8 Å². The highest BCUT2D eigenvalue weighted by molar-refractivity contribution is 6.42. The van der Waals surface area contributed by atoms with Crippen LogP contribution in [0.3, 0.4) is 0 Å². The van der Waals surface area contributed by atoms with Crippen molar-refractivity contribution in [2.45, 2.75) is 12.7 Å². The Hall–Kier alpha value is -1.93. The molecule has 0 saturated carbocycles. The highest BCUT2D eigenvalue weighted by atomic mass is 35.5. The van der Waals surface area contributed by atoms with Gasteiger partial charge in [0, 0.05) is 13.6 Å². The maximum atomic E-state index is 12.4. The van der Waals surface area contributed by atoms with Crippen molar-refractivity contribution >= 4 is 35.0 Å². The third-order valence-electron chi connectivity index (χ3n) is 3.50. The minimum Gasteiger partial charge on any atom is -0.503 e. The van der Waals surface area contributed by atoms with Gasteiger partial charge in [-0.2, -0.15) is 13.2 Å². The molecule has 5 nitrogen and oxygen atoms in total. The number of halogens is 5. The molecule has 10 heteroatoms. The fourth-order valence-corrected chi connectivity index (χ4v) is 2.66. The van der Waals surface area contributed by atoms with Gasteiger partial charge < -0.3 is 14.9 Å². The lowest BCUT2D eigenvalue weighted by atomic mass is 10.2. The van der Waals surface area contributed by atoms with Gasteiger partial charge in [0.2, 0.25) is 0 Å². The molecule has 1 aliphatic heterocycles. The maximum Gasteiger partial charge on any atom is 0.406 e. The first kappa shape index (κ1) is 19.4. The fourth-order valence-electron chi connectivity index (χ4n) is 2.34. The van der Waals surface area contributed by atoms with Gasteiger partial charge in [-0.05, 0) is 17.7 Å². The number of aliphatic hydroxyl groups excluding tert-OH is 1. The molecule has 0 atom stereocenters. The standard InChI is InChI=1S/C15H13Cl2F3N2O3/c1-21(5-8-2-3-10(16)11(17)4-8)13(24)9-6-22(7-15(18,19)20)14(25)12(9)23/h2-4,23H,5-7H2,1H3. The smallest absolute Gasteiger partial charge is 0.406 e. The summed E-state index contributed by atoms with van der Waals surface area (Å²) in [5.74, 6) is -2.93. The lowest BCUT2D eigenvalue weighted by molar-refractivity contribution is -0.157. The number of hydrogen-bond acceptors (Lipinski definition) is 3. The molecule has 1 aromatic carbocycles. The van der Waals surface area contributed by atoms with E-state index in [2.05, 4.69) is 0 Å². The third kappa shape index (κ3) is 4.58. The predicted molar refractivity (Wildman–Crippen MR) is 85.2 cm³/mol. The van der Waals surface area contributed by atoms with Crippen LogP contribution in [-0.4, -0.2) is 53.0 Å². The molecule has 0 saturated heterocycles. The minimum atomic E-state index is -4.62. The lowest BCUT2D eigenvalue weighted by Crippen LogP contribution is -2.37. The molecule has 0 unspecified atom stereocenters. The largest absolute Gasteiger partial charge is 0.503 e. The van der Waals surface area contributed by atoms with Gasteiger partial charge in [-0.25, -0.2) is 0 Å². The normalized spacial score (nSPS) is 15.1. The fraction of sp³-hybridized carbons (Fsp3) is 0.333. The molecule has 2 rings (SSSR count). The number of likely N-dealkylation sites (N-methyl/N-ethyl adjacent to an activating group) is 1. The summed E-state index contributed by atoms with van der Waals surface area (Å²) >= 11 is 11.7. The van der Waals surface area contributed by atoms with Crippen LogP contribution in [0.5, 0.6) is 0 Å². The van der Waals surface area contributed by atoms with E-state index in [-0.39, 0.29) is 17.1 Å². The molecule has 0 spiro atoms. The molecular formula is C15H13Cl2F3N2O3. The zero-order chi connectivity index (χ0) is 18.9. The van der Waals surface area contributed by atoms with Crippen molar-refractivity contribution in [3.05, 3.63) is 45.1 Å². The molecule has 1 heterocycles. The molecule has 0 bridgehead atoms. The first-order valence-electron chi connectivity index (χ1n) is 6.97. The van der Waals surface area contributed by atoms with Crippen LogP contribution >= 0.6 is 23.2 Å². The summed E-state index contributed by atoms with van der Waals surface area (Å²) in [6, 6.07) is 4.71. The number of benzene rings is 1. The first-order chi connectivity index (χ1) is 11.5. The van der Waals surface area contributed by atoms with Crippen molar-refractivity contribution in [3.8, 4) is 0 Å². The highest BCUT2D eigenvalue weighted by Gasteiger charge is 2.41. The van der Waals surface area contributed by atoms with E-state index >= 15 is 0 Å². The van der Waals surface area contributed by atoms with Crippen LogP contribution in [0.1, 0.15) is 5.56 Å². The average molecular weight is 397 g/mol. The van der Waals surface area contributed by atoms with Crippen LogP contribution in [0.4, 0.5) is 13.2 Å². The van der Waals surface area contributed by atoms with E-state index in [9.17, 15) is 27.9 Å². The van der Waals surface area contributed by atoms with Crippen molar-refractivity contribution < 1.29 is 27.9 Å². The number of carbonyl (C=O) groups excluding carboxylic acids is 2. The quantitative estimate of drug-likeness (QED) is 0.849. The summed E-state index contributed by atoms with van der Waals surface area (Å²) in [6.45, 7) is -2.07. The van der Waals surface area contributed by atoms with Gasteiger partial charge in [0.1, 0.15) is 6.54 Å². The van der Waals surface area contributed by atoms with Crippen LogP contribution in [0, 0.1) is 0 Å². The Morgan fingerprint density at radius 2 is 1.96 bits per heavy atom. The van der Waals surface area contributed by atoms with Crippen LogP contribution in [0.2, 0.25) is 10.0 Å². The Labute approximate surface area is 151 Å².